The number of amides is 3. The molecule has 170 valence electrons. The van der Waals surface area contributed by atoms with Crippen LogP contribution in [0.1, 0.15) is 36.6 Å². The lowest BCUT2D eigenvalue weighted by atomic mass is 10.1. The summed E-state index contributed by atoms with van der Waals surface area (Å²) in [6, 6.07) is 17.4. The van der Waals surface area contributed by atoms with Gasteiger partial charge in [-0.1, -0.05) is 18.2 Å². The summed E-state index contributed by atoms with van der Waals surface area (Å²) in [6.45, 7) is 1.92. The van der Waals surface area contributed by atoms with Crippen molar-refractivity contribution in [3.8, 4) is 5.75 Å². The van der Waals surface area contributed by atoms with Crippen LogP contribution >= 0.6 is 0 Å². The topological polar surface area (TPSA) is 96.5 Å². The van der Waals surface area contributed by atoms with Crippen molar-refractivity contribution in [3.63, 3.8) is 0 Å². The number of ether oxygens (including phenoxy) is 1. The molecule has 3 amide bonds. The third-order valence-electron chi connectivity index (χ3n) is 4.90. The average molecular weight is 449 g/mol. The summed E-state index contributed by atoms with van der Waals surface area (Å²) in [7, 11) is 1.54. The predicted molar refractivity (Wildman–Crippen MR) is 123 cm³/mol. The molecule has 0 bridgehead atoms. The number of halogens is 1. The van der Waals surface area contributed by atoms with Gasteiger partial charge < -0.3 is 20.7 Å². The molecule has 7 nitrogen and oxygen atoms in total. The van der Waals surface area contributed by atoms with E-state index in [1.165, 1.54) is 25.3 Å². The molecule has 3 aromatic rings. The number of para-hydroxylation sites is 1. The number of methoxy groups -OCH3 is 1. The Balaban J connectivity index is 1.55. The van der Waals surface area contributed by atoms with E-state index in [0.717, 1.165) is 0 Å². The fraction of sp³-hybridized carbons (Fsp3) is 0.160. The van der Waals surface area contributed by atoms with Gasteiger partial charge in [0.2, 0.25) is 0 Å². The van der Waals surface area contributed by atoms with Gasteiger partial charge in [0.05, 0.1) is 18.4 Å². The first-order chi connectivity index (χ1) is 15.9. The summed E-state index contributed by atoms with van der Waals surface area (Å²) < 4.78 is 18.7. The van der Waals surface area contributed by atoms with Gasteiger partial charge in [-0.25, -0.2) is 4.39 Å². The second-order valence-corrected chi connectivity index (χ2v) is 7.20. The van der Waals surface area contributed by atoms with Crippen molar-refractivity contribution in [1.82, 2.24) is 10.6 Å². The molecule has 0 fully saturated rings. The lowest BCUT2D eigenvalue weighted by Gasteiger charge is -2.12. The van der Waals surface area contributed by atoms with Crippen LogP contribution in [0.5, 0.6) is 5.75 Å². The molecule has 3 aromatic carbocycles. The monoisotopic (exact) mass is 449 g/mol. The molecule has 0 aliphatic rings. The highest BCUT2D eigenvalue weighted by Gasteiger charge is 2.14. The van der Waals surface area contributed by atoms with Crippen molar-refractivity contribution >= 4 is 23.4 Å². The first-order valence-electron chi connectivity index (χ1n) is 10.3. The number of carbonyl (C=O) groups excluding carboxylic acids is 3. The molecule has 0 unspecified atom stereocenters. The SMILES string of the molecule is COc1ccc(C(=O)Nc2ccccc2C(=O)NCCNC(=O)c2ccc(C)c(F)c2)cc1. The zero-order chi connectivity index (χ0) is 23.8. The zero-order valence-electron chi connectivity index (χ0n) is 18.3. The number of aryl methyl sites for hydroxylation is 1. The Morgan fingerprint density at radius 3 is 2.12 bits per heavy atom. The van der Waals surface area contributed by atoms with Crippen LogP contribution < -0.4 is 20.7 Å². The Morgan fingerprint density at radius 1 is 0.818 bits per heavy atom. The van der Waals surface area contributed by atoms with Crippen molar-refractivity contribution in [3.05, 3.63) is 94.8 Å². The Bertz CT molecular complexity index is 1160. The normalized spacial score (nSPS) is 10.3. The van der Waals surface area contributed by atoms with Gasteiger partial charge in [0.15, 0.2) is 0 Å². The van der Waals surface area contributed by atoms with Gasteiger partial charge in [-0.3, -0.25) is 14.4 Å². The van der Waals surface area contributed by atoms with Crippen molar-refractivity contribution in [1.29, 1.82) is 0 Å². The van der Waals surface area contributed by atoms with Crippen LogP contribution in [0.25, 0.3) is 0 Å². The Morgan fingerprint density at radius 2 is 1.45 bits per heavy atom. The number of carbonyl (C=O) groups is 3. The third kappa shape index (κ3) is 6.16. The van der Waals surface area contributed by atoms with Crippen molar-refractivity contribution in [2.24, 2.45) is 0 Å². The van der Waals surface area contributed by atoms with Crippen molar-refractivity contribution < 1.29 is 23.5 Å². The van der Waals surface area contributed by atoms with E-state index in [2.05, 4.69) is 16.0 Å². The molecule has 8 heteroatoms. The molecule has 33 heavy (non-hydrogen) atoms. The van der Waals surface area contributed by atoms with Gasteiger partial charge in [0, 0.05) is 24.2 Å². The smallest absolute Gasteiger partial charge is 0.255 e. The van der Waals surface area contributed by atoms with Crippen LogP contribution in [-0.2, 0) is 0 Å². The molecule has 0 spiro atoms. The molecule has 0 saturated heterocycles. The van der Waals surface area contributed by atoms with Crippen molar-refractivity contribution in [2.75, 3.05) is 25.5 Å². The summed E-state index contributed by atoms with van der Waals surface area (Å²) >= 11 is 0. The van der Waals surface area contributed by atoms with Crippen LogP contribution in [0.15, 0.2) is 66.7 Å². The Kier molecular flexibility index (Phi) is 7.75. The number of hydrogen-bond acceptors (Lipinski definition) is 4. The van der Waals surface area contributed by atoms with Crippen LogP contribution in [-0.4, -0.2) is 37.9 Å². The summed E-state index contributed by atoms with van der Waals surface area (Å²) in [5, 5.41) is 8.07. The summed E-state index contributed by atoms with van der Waals surface area (Å²) in [5.74, 6) is -1.03. The fourth-order valence-electron chi connectivity index (χ4n) is 3.01. The van der Waals surface area contributed by atoms with E-state index in [4.69, 9.17) is 4.74 Å². The van der Waals surface area contributed by atoms with E-state index >= 15 is 0 Å². The maximum Gasteiger partial charge on any atom is 0.255 e. The third-order valence-corrected chi connectivity index (χ3v) is 4.90. The summed E-state index contributed by atoms with van der Waals surface area (Å²) in [6.07, 6.45) is 0. The van der Waals surface area contributed by atoms with E-state index in [-0.39, 0.29) is 30.1 Å². The van der Waals surface area contributed by atoms with Gasteiger partial charge in [0.1, 0.15) is 11.6 Å². The fourth-order valence-corrected chi connectivity index (χ4v) is 3.01. The van der Waals surface area contributed by atoms with Crippen molar-refractivity contribution in [2.45, 2.75) is 6.92 Å². The highest BCUT2D eigenvalue weighted by molar-refractivity contribution is 6.09. The lowest BCUT2D eigenvalue weighted by Crippen LogP contribution is -2.35. The molecular formula is C25H24FN3O4. The summed E-state index contributed by atoms with van der Waals surface area (Å²) in [4.78, 5) is 37.3. The molecule has 0 aliphatic carbocycles. The van der Waals surface area contributed by atoms with Gasteiger partial charge >= 0.3 is 0 Å². The molecule has 3 N–H and O–H groups in total. The minimum Gasteiger partial charge on any atom is -0.497 e. The highest BCUT2D eigenvalue weighted by Crippen LogP contribution is 2.18. The van der Waals surface area contributed by atoms with Gasteiger partial charge in [-0.05, 0) is 61.0 Å². The van der Waals surface area contributed by atoms with Gasteiger partial charge in [-0.2, -0.15) is 0 Å². The lowest BCUT2D eigenvalue weighted by molar-refractivity contribution is 0.0927. The van der Waals surface area contributed by atoms with E-state index in [9.17, 15) is 18.8 Å². The zero-order valence-corrected chi connectivity index (χ0v) is 18.3. The van der Waals surface area contributed by atoms with Gasteiger partial charge in [0.25, 0.3) is 17.7 Å². The van der Waals surface area contributed by atoms with E-state index in [1.54, 1.807) is 55.5 Å². The van der Waals surface area contributed by atoms with Crippen LogP contribution in [0.3, 0.4) is 0 Å². The van der Waals surface area contributed by atoms with Crippen LogP contribution in [0, 0.1) is 12.7 Å². The average Bonchev–Trinajstić information content (AvgIpc) is 2.83. The Labute approximate surface area is 191 Å². The summed E-state index contributed by atoms with van der Waals surface area (Å²) in [5.41, 5.74) is 1.72. The number of anilines is 1. The number of hydrogen-bond donors (Lipinski definition) is 3. The Hall–Kier alpha value is -4.20. The van der Waals surface area contributed by atoms with E-state index in [1.807, 2.05) is 0 Å². The van der Waals surface area contributed by atoms with Crippen LogP contribution in [0.4, 0.5) is 10.1 Å². The first kappa shape index (κ1) is 23.5. The predicted octanol–water partition coefficient (Wildman–Crippen LogP) is 3.55. The molecule has 0 radical (unpaired) electrons. The second-order valence-electron chi connectivity index (χ2n) is 7.20. The number of nitrogens with one attached hydrogen (secondary N) is 3. The highest BCUT2D eigenvalue weighted by atomic mass is 19.1. The standard InChI is InChI=1S/C25H24FN3O4/c1-16-7-8-18(15-21(16)26)23(30)27-13-14-28-25(32)20-5-3-4-6-22(20)29-24(31)17-9-11-19(33-2)12-10-17/h3-12,15H,13-14H2,1-2H3,(H,27,30)(H,28,32)(H,29,31). The quantitative estimate of drug-likeness (QED) is 0.458. The van der Waals surface area contributed by atoms with E-state index < -0.39 is 17.6 Å². The maximum atomic E-state index is 13.6. The molecule has 3 rings (SSSR count). The molecule has 0 aliphatic heterocycles. The number of rotatable bonds is 8. The molecule has 0 aromatic heterocycles. The maximum absolute atomic E-state index is 13.6. The van der Waals surface area contributed by atoms with Gasteiger partial charge in [-0.15, -0.1) is 0 Å². The largest absolute Gasteiger partial charge is 0.497 e. The molecule has 0 saturated carbocycles. The molecule has 0 atom stereocenters. The molecular weight excluding hydrogens is 425 g/mol. The number of benzene rings is 3. The van der Waals surface area contributed by atoms with Crippen LogP contribution in [0.2, 0.25) is 0 Å². The minimum absolute atomic E-state index is 0.152. The first-order valence-corrected chi connectivity index (χ1v) is 10.3. The molecule has 0 heterocycles. The minimum atomic E-state index is -0.454. The second kappa shape index (κ2) is 10.9. The van der Waals surface area contributed by atoms with E-state index in [0.29, 0.717) is 22.6 Å².